The second-order valence-corrected chi connectivity index (χ2v) is 7.79. The van der Waals surface area contributed by atoms with Gasteiger partial charge in [-0.05, 0) is 60.5 Å². The van der Waals surface area contributed by atoms with E-state index in [4.69, 9.17) is 16.3 Å². The highest BCUT2D eigenvalue weighted by molar-refractivity contribution is 7.13. The first-order valence-corrected chi connectivity index (χ1v) is 9.88. The fourth-order valence-corrected chi connectivity index (χ4v) is 4.01. The molecule has 0 aliphatic carbocycles. The van der Waals surface area contributed by atoms with Crippen LogP contribution in [0.3, 0.4) is 0 Å². The van der Waals surface area contributed by atoms with Crippen LogP contribution in [0.25, 0.3) is 10.4 Å². The molecule has 0 bridgehead atoms. The van der Waals surface area contributed by atoms with Gasteiger partial charge >= 0.3 is 5.97 Å². The molecule has 1 atom stereocenters. The van der Waals surface area contributed by atoms with Crippen LogP contribution in [0.1, 0.15) is 30.9 Å². The highest BCUT2D eigenvalue weighted by Crippen LogP contribution is 2.37. The van der Waals surface area contributed by atoms with E-state index in [1.807, 2.05) is 79.9 Å². The van der Waals surface area contributed by atoms with E-state index in [2.05, 4.69) is 0 Å². The largest absolute Gasteiger partial charge is 0.462 e. The number of hydrogen-bond donors (Lipinski definition) is 0. The summed E-state index contributed by atoms with van der Waals surface area (Å²) in [7, 11) is 0. The van der Waals surface area contributed by atoms with Crippen LogP contribution in [-0.2, 0) is 16.0 Å². The van der Waals surface area contributed by atoms with Crippen molar-refractivity contribution >= 4 is 28.9 Å². The average Bonchev–Trinajstić information content (AvgIpc) is 3.10. The number of thiophene rings is 1. The van der Waals surface area contributed by atoms with Crippen LogP contribution in [0.15, 0.2) is 66.0 Å². The van der Waals surface area contributed by atoms with Crippen LogP contribution < -0.4 is 0 Å². The van der Waals surface area contributed by atoms with E-state index in [-0.39, 0.29) is 18.0 Å². The van der Waals surface area contributed by atoms with Gasteiger partial charge < -0.3 is 4.74 Å². The fourth-order valence-electron chi connectivity index (χ4n) is 2.91. The summed E-state index contributed by atoms with van der Waals surface area (Å²) >= 11 is 7.65. The van der Waals surface area contributed by atoms with Gasteiger partial charge in [0, 0.05) is 9.90 Å². The standard InChI is InChI=1S/C22H21ClO2S/c1-15(2)25-22(24)20(14-16-6-4-3-5-7-16)19-12-13-26-21(19)17-8-10-18(23)11-9-17/h3-13,15,20H,14H2,1-2H3. The molecule has 0 amide bonds. The molecule has 3 aromatic rings. The third kappa shape index (κ3) is 4.54. The van der Waals surface area contributed by atoms with Crippen LogP contribution >= 0.6 is 22.9 Å². The van der Waals surface area contributed by atoms with Crippen molar-refractivity contribution in [3.05, 3.63) is 82.2 Å². The Labute approximate surface area is 163 Å². The zero-order valence-corrected chi connectivity index (χ0v) is 16.4. The monoisotopic (exact) mass is 384 g/mol. The van der Waals surface area contributed by atoms with E-state index in [9.17, 15) is 4.79 Å². The third-order valence-electron chi connectivity index (χ3n) is 4.10. The quantitative estimate of drug-likeness (QED) is 0.463. The summed E-state index contributed by atoms with van der Waals surface area (Å²) < 4.78 is 5.56. The molecule has 0 saturated heterocycles. The van der Waals surface area contributed by atoms with Gasteiger partial charge in [0.2, 0.25) is 0 Å². The Balaban J connectivity index is 1.98. The molecular weight excluding hydrogens is 364 g/mol. The molecule has 0 saturated carbocycles. The van der Waals surface area contributed by atoms with Gasteiger partial charge in [-0.25, -0.2) is 0 Å². The molecule has 0 aliphatic rings. The Hall–Kier alpha value is -2.10. The van der Waals surface area contributed by atoms with E-state index >= 15 is 0 Å². The Morgan fingerprint density at radius 1 is 1.04 bits per heavy atom. The minimum absolute atomic E-state index is 0.140. The summed E-state index contributed by atoms with van der Waals surface area (Å²) in [4.78, 5) is 13.9. The molecule has 1 aromatic heterocycles. The number of carbonyl (C=O) groups is 1. The predicted octanol–water partition coefficient (Wildman–Crippen LogP) is 6.35. The molecule has 134 valence electrons. The van der Waals surface area contributed by atoms with Crippen molar-refractivity contribution in [3.8, 4) is 10.4 Å². The van der Waals surface area contributed by atoms with Crippen LogP contribution in [0.4, 0.5) is 0 Å². The zero-order valence-electron chi connectivity index (χ0n) is 14.8. The van der Waals surface area contributed by atoms with E-state index in [1.165, 1.54) is 0 Å². The van der Waals surface area contributed by atoms with E-state index < -0.39 is 0 Å². The van der Waals surface area contributed by atoms with Gasteiger partial charge in [-0.15, -0.1) is 11.3 Å². The number of hydrogen-bond acceptors (Lipinski definition) is 3. The van der Waals surface area contributed by atoms with Gasteiger partial charge in [0.25, 0.3) is 0 Å². The summed E-state index contributed by atoms with van der Waals surface area (Å²) in [6, 6.07) is 19.8. The van der Waals surface area contributed by atoms with Crippen molar-refractivity contribution in [2.45, 2.75) is 32.3 Å². The van der Waals surface area contributed by atoms with Gasteiger partial charge in [-0.3, -0.25) is 4.79 Å². The normalized spacial score (nSPS) is 12.2. The van der Waals surface area contributed by atoms with Gasteiger partial charge in [0.1, 0.15) is 0 Å². The Bertz CT molecular complexity index is 853. The first kappa shape index (κ1) is 18.7. The van der Waals surface area contributed by atoms with Crippen molar-refractivity contribution in [1.82, 2.24) is 0 Å². The van der Waals surface area contributed by atoms with Crippen molar-refractivity contribution in [2.75, 3.05) is 0 Å². The second-order valence-electron chi connectivity index (χ2n) is 6.44. The number of ether oxygens (including phenoxy) is 1. The molecule has 26 heavy (non-hydrogen) atoms. The first-order chi connectivity index (χ1) is 12.5. The molecule has 3 rings (SSSR count). The van der Waals surface area contributed by atoms with Crippen LogP contribution in [-0.4, -0.2) is 12.1 Å². The van der Waals surface area contributed by atoms with Crippen molar-refractivity contribution in [2.24, 2.45) is 0 Å². The van der Waals surface area contributed by atoms with E-state index in [1.54, 1.807) is 11.3 Å². The van der Waals surface area contributed by atoms with Crippen LogP contribution in [0.5, 0.6) is 0 Å². The zero-order chi connectivity index (χ0) is 18.5. The van der Waals surface area contributed by atoms with Crippen molar-refractivity contribution in [1.29, 1.82) is 0 Å². The fraction of sp³-hybridized carbons (Fsp3) is 0.227. The molecule has 0 N–H and O–H groups in total. The first-order valence-electron chi connectivity index (χ1n) is 8.62. The maximum absolute atomic E-state index is 12.9. The maximum atomic E-state index is 12.9. The summed E-state index contributed by atoms with van der Waals surface area (Å²) in [5.74, 6) is -0.519. The Morgan fingerprint density at radius 3 is 2.38 bits per heavy atom. The molecule has 1 heterocycles. The number of halogens is 1. The van der Waals surface area contributed by atoms with Crippen molar-refractivity contribution in [3.63, 3.8) is 0 Å². The molecule has 0 fully saturated rings. The predicted molar refractivity (Wildman–Crippen MR) is 109 cm³/mol. The summed E-state index contributed by atoms with van der Waals surface area (Å²) in [6.45, 7) is 3.76. The summed E-state index contributed by atoms with van der Waals surface area (Å²) in [6.07, 6.45) is 0.474. The molecule has 0 radical (unpaired) electrons. The topological polar surface area (TPSA) is 26.3 Å². The molecule has 2 aromatic carbocycles. The minimum Gasteiger partial charge on any atom is -0.462 e. The highest BCUT2D eigenvalue weighted by atomic mass is 35.5. The molecule has 4 heteroatoms. The molecule has 2 nitrogen and oxygen atoms in total. The lowest BCUT2D eigenvalue weighted by atomic mass is 9.91. The smallest absolute Gasteiger partial charge is 0.314 e. The lowest BCUT2D eigenvalue weighted by Gasteiger charge is -2.19. The van der Waals surface area contributed by atoms with Crippen LogP contribution in [0.2, 0.25) is 5.02 Å². The molecule has 0 aliphatic heterocycles. The lowest BCUT2D eigenvalue weighted by Crippen LogP contribution is -2.21. The highest BCUT2D eigenvalue weighted by Gasteiger charge is 2.27. The molecule has 0 spiro atoms. The van der Waals surface area contributed by atoms with Crippen LogP contribution in [0, 0.1) is 0 Å². The summed E-state index contributed by atoms with van der Waals surface area (Å²) in [5, 5.41) is 2.73. The number of rotatable bonds is 6. The molecule has 1 unspecified atom stereocenters. The number of carbonyl (C=O) groups excluding carboxylic acids is 1. The minimum atomic E-state index is -0.336. The van der Waals surface area contributed by atoms with Gasteiger partial charge in [0.05, 0.1) is 12.0 Å². The number of esters is 1. The Morgan fingerprint density at radius 2 is 1.73 bits per heavy atom. The van der Waals surface area contributed by atoms with E-state index in [0.717, 1.165) is 21.6 Å². The third-order valence-corrected chi connectivity index (χ3v) is 5.33. The van der Waals surface area contributed by atoms with Gasteiger partial charge in [-0.1, -0.05) is 54.1 Å². The average molecular weight is 385 g/mol. The van der Waals surface area contributed by atoms with Gasteiger partial charge in [-0.2, -0.15) is 0 Å². The van der Waals surface area contributed by atoms with Crippen molar-refractivity contribution < 1.29 is 9.53 Å². The molecular formula is C22H21ClO2S. The van der Waals surface area contributed by atoms with E-state index in [0.29, 0.717) is 11.4 Å². The number of benzene rings is 2. The second kappa shape index (κ2) is 8.52. The SMILES string of the molecule is CC(C)OC(=O)C(Cc1ccccc1)c1ccsc1-c1ccc(Cl)cc1. The van der Waals surface area contributed by atoms with Gasteiger partial charge in [0.15, 0.2) is 0 Å². The Kier molecular flexibility index (Phi) is 6.12. The maximum Gasteiger partial charge on any atom is 0.314 e. The lowest BCUT2D eigenvalue weighted by molar-refractivity contribution is -0.149. The summed E-state index contributed by atoms with van der Waals surface area (Å²) in [5.41, 5.74) is 3.19.